The van der Waals surface area contributed by atoms with Gasteiger partial charge in [-0.15, -0.1) is 0 Å². The van der Waals surface area contributed by atoms with Gasteiger partial charge in [0.2, 0.25) is 5.91 Å². The highest BCUT2D eigenvalue weighted by molar-refractivity contribution is 6.26. The van der Waals surface area contributed by atoms with Gasteiger partial charge in [-0.3, -0.25) is 14.4 Å². The third-order valence-corrected chi connectivity index (χ3v) is 5.97. The Morgan fingerprint density at radius 3 is 2.33 bits per heavy atom. The lowest BCUT2D eigenvalue weighted by molar-refractivity contribution is -0.126. The molecule has 2 saturated heterocycles. The fourth-order valence-corrected chi connectivity index (χ4v) is 4.68. The first kappa shape index (κ1) is 18.8. The van der Waals surface area contributed by atoms with Crippen molar-refractivity contribution in [3.05, 3.63) is 72.8 Å². The lowest BCUT2D eigenvalue weighted by Crippen LogP contribution is -2.41. The number of hydrogen-bond donors (Lipinski definition) is 0. The van der Waals surface area contributed by atoms with Gasteiger partial charge in [0.05, 0.1) is 23.3 Å². The summed E-state index contributed by atoms with van der Waals surface area (Å²) in [5.41, 5.74) is 1.51. The number of hydroxylamine groups is 1. The van der Waals surface area contributed by atoms with Gasteiger partial charge in [-0.1, -0.05) is 68.4 Å². The van der Waals surface area contributed by atoms with Crippen molar-refractivity contribution in [1.82, 2.24) is 0 Å². The predicted octanol–water partition coefficient (Wildman–Crippen LogP) is 4.56. The Morgan fingerprint density at radius 1 is 0.867 bits per heavy atom. The normalized spacial score (nSPS) is 23.6. The molecule has 0 aliphatic carbocycles. The number of carbonyl (C=O) groups excluding carboxylic acids is 2. The number of fused-ring (bicyclic) bond motifs is 2. The fourth-order valence-electron chi connectivity index (χ4n) is 4.68. The van der Waals surface area contributed by atoms with Gasteiger partial charge in [0.25, 0.3) is 5.91 Å². The molecule has 2 fully saturated rings. The van der Waals surface area contributed by atoms with Crippen LogP contribution in [0.2, 0.25) is 0 Å². The van der Waals surface area contributed by atoms with E-state index in [-0.39, 0.29) is 17.9 Å². The molecule has 3 aromatic carbocycles. The number of imide groups is 1. The largest absolute Gasteiger partial charge is 0.273 e. The number of nitrogens with zero attached hydrogens (tertiary/aromatic N) is 2. The first-order chi connectivity index (χ1) is 14.6. The number of benzene rings is 3. The summed E-state index contributed by atoms with van der Waals surface area (Å²) in [6.45, 7) is 4.25. The molecule has 5 rings (SSSR count). The summed E-state index contributed by atoms with van der Waals surface area (Å²) >= 11 is 0. The Hall–Kier alpha value is -3.18. The van der Waals surface area contributed by atoms with E-state index >= 15 is 0 Å². The van der Waals surface area contributed by atoms with Crippen LogP contribution < -0.4 is 9.96 Å². The first-order valence-corrected chi connectivity index (χ1v) is 10.4. The smallest absolute Gasteiger partial charge is 0.266 e. The SMILES string of the molecule is CC(C)C[C@@H]1[C@@H]2C(=O)N(c3cccc4ccccc34)C(=O)[C@@H]2ON1c1ccccc1. The average molecular weight is 400 g/mol. The molecule has 2 heterocycles. The summed E-state index contributed by atoms with van der Waals surface area (Å²) < 4.78 is 0. The van der Waals surface area contributed by atoms with Gasteiger partial charge in [-0.25, -0.2) is 9.96 Å². The highest BCUT2D eigenvalue weighted by atomic mass is 16.7. The van der Waals surface area contributed by atoms with Gasteiger partial charge in [-0.2, -0.15) is 0 Å². The van der Waals surface area contributed by atoms with Crippen molar-refractivity contribution in [3.63, 3.8) is 0 Å². The van der Waals surface area contributed by atoms with Gasteiger partial charge in [-0.05, 0) is 35.9 Å². The molecular weight excluding hydrogens is 376 g/mol. The highest BCUT2D eigenvalue weighted by Crippen LogP contribution is 2.43. The van der Waals surface area contributed by atoms with Crippen LogP contribution in [0.25, 0.3) is 10.8 Å². The van der Waals surface area contributed by atoms with Crippen molar-refractivity contribution < 1.29 is 14.4 Å². The average Bonchev–Trinajstić information content (AvgIpc) is 3.24. The second kappa shape index (κ2) is 7.26. The van der Waals surface area contributed by atoms with Crippen molar-refractivity contribution in [2.45, 2.75) is 32.4 Å². The zero-order valence-electron chi connectivity index (χ0n) is 17.1. The summed E-state index contributed by atoms with van der Waals surface area (Å²) in [5, 5.41) is 3.67. The van der Waals surface area contributed by atoms with E-state index in [9.17, 15) is 9.59 Å². The molecule has 2 aliphatic heterocycles. The van der Waals surface area contributed by atoms with Crippen molar-refractivity contribution in [1.29, 1.82) is 0 Å². The van der Waals surface area contributed by atoms with E-state index in [0.29, 0.717) is 11.6 Å². The number of rotatable bonds is 4. The maximum absolute atomic E-state index is 13.6. The Morgan fingerprint density at radius 2 is 1.57 bits per heavy atom. The van der Waals surface area contributed by atoms with Crippen LogP contribution in [0.4, 0.5) is 11.4 Å². The highest BCUT2D eigenvalue weighted by Gasteiger charge is 2.59. The predicted molar refractivity (Wildman–Crippen MR) is 117 cm³/mol. The Labute approximate surface area is 175 Å². The minimum absolute atomic E-state index is 0.176. The Balaban J connectivity index is 1.55. The second-order valence-corrected chi connectivity index (χ2v) is 8.42. The molecule has 3 aromatic rings. The van der Waals surface area contributed by atoms with Crippen LogP contribution >= 0.6 is 0 Å². The summed E-state index contributed by atoms with van der Waals surface area (Å²) in [6.07, 6.45) is -0.0289. The number of carbonyl (C=O) groups is 2. The Bertz CT molecular complexity index is 1110. The van der Waals surface area contributed by atoms with Gasteiger partial charge < -0.3 is 0 Å². The second-order valence-electron chi connectivity index (χ2n) is 8.42. The summed E-state index contributed by atoms with van der Waals surface area (Å²) in [5.74, 6) is -0.615. The fraction of sp³-hybridized carbons (Fsp3) is 0.280. The maximum atomic E-state index is 13.6. The molecule has 2 amide bonds. The molecule has 0 aromatic heterocycles. The van der Waals surface area contributed by atoms with Gasteiger partial charge in [0, 0.05) is 5.39 Å². The van der Waals surface area contributed by atoms with Crippen LogP contribution in [0.5, 0.6) is 0 Å². The van der Waals surface area contributed by atoms with Crippen LogP contribution in [0.1, 0.15) is 20.3 Å². The molecule has 30 heavy (non-hydrogen) atoms. The third kappa shape index (κ3) is 2.89. The van der Waals surface area contributed by atoms with Crippen molar-refractivity contribution in [3.8, 4) is 0 Å². The molecule has 5 heteroatoms. The number of anilines is 2. The topological polar surface area (TPSA) is 49.9 Å². The molecule has 0 unspecified atom stereocenters. The molecule has 0 bridgehead atoms. The minimum atomic E-state index is -0.791. The molecule has 5 nitrogen and oxygen atoms in total. The first-order valence-electron chi connectivity index (χ1n) is 10.4. The van der Waals surface area contributed by atoms with Gasteiger partial charge in [0.15, 0.2) is 6.10 Å². The standard InChI is InChI=1S/C25H24N2O3/c1-16(2)15-21-22-23(30-27(21)18-11-4-3-5-12-18)25(29)26(24(22)28)20-14-8-10-17-9-6-7-13-19(17)20/h3-14,16,21-23H,15H2,1-2H3/t21-,22+,23-/m1/s1. The van der Waals surface area contributed by atoms with Crippen LogP contribution in [-0.4, -0.2) is 24.0 Å². The summed E-state index contributed by atoms with van der Waals surface area (Å²) in [4.78, 5) is 34.5. The molecule has 152 valence electrons. The van der Waals surface area contributed by atoms with E-state index in [1.54, 1.807) is 5.06 Å². The maximum Gasteiger partial charge on any atom is 0.266 e. The summed E-state index contributed by atoms with van der Waals surface area (Å²) in [7, 11) is 0. The van der Waals surface area contributed by atoms with Gasteiger partial charge >= 0.3 is 0 Å². The van der Waals surface area contributed by atoms with Crippen LogP contribution in [0.3, 0.4) is 0 Å². The number of para-hydroxylation sites is 1. The number of hydrogen-bond acceptors (Lipinski definition) is 4. The molecule has 0 spiro atoms. The molecule has 3 atom stereocenters. The van der Waals surface area contributed by atoms with E-state index in [1.807, 2.05) is 72.8 Å². The van der Waals surface area contributed by atoms with Gasteiger partial charge in [0.1, 0.15) is 0 Å². The van der Waals surface area contributed by atoms with E-state index in [0.717, 1.165) is 22.9 Å². The zero-order chi connectivity index (χ0) is 20.8. The van der Waals surface area contributed by atoms with E-state index < -0.39 is 12.0 Å². The van der Waals surface area contributed by atoms with E-state index in [4.69, 9.17) is 4.84 Å². The molecule has 2 aliphatic rings. The van der Waals surface area contributed by atoms with Crippen molar-refractivity contribution in [2.24, 2.45) is 11.8 Å². The lowest BCUT2D eigenvalue weighted by Gasteiger charge is -2.29. The molecule has 0 N–H and O–H groups in total. The van der Waals surface area contributed by atoms with E-state index in [2.05, 4.69) is 13.8 Å². The van der Waals surface area contributed by atoms with Crippen molar-refractivity contribution >= 4 is 34.0 Å². The summed E-state index contributed by atoms with van der Waals surface area (Å²) in [6, 6.07) is 23.0. The van der Waals surface area contributed by atoms with Crippen LogP contribution in [-0.2, 0) is 14.4 Å². The van der Waals surface area contributed by atoms with Crippen LogP contribution in [0, 0.1) is 11.8 Å². The van der Waals surface area contributed by atoms with E-state index in [1.165, 1.54) is 4.90 Å². The zero-order valence-corrected chi connectivity index (χ0v) is 17.1. The minimum Gasteiger partial charge on any atom is -0.273 e. The number of amides is 2. The molecular formula is C25H24N2O3. The Kier molecular flexibility index (Phi) is 4.55. The monoisotopic (exact) mass is 400 g/mol. The molecule has 0 radical (unpaired) electrons. The van der Waals surface area contributed by atoms with Crippen molar-refractivity contribution in [2.75, 3.05) is 9.96 Å². The molecule has 0 saturated carbocycles. The lowest BCUT2D eigenvalue weighted by atomic mass is 9.90. The van der Waals surface area contributed by atoms with Crippen LogP contribution in [0.15, 0.2) is 72.8 Å². The third-order valence-electron chi connectivity index (χ3n) is 5.97. The quantitative estimate of drug-likeness (QED) is 0.602.